The van der Waals surface area contributed by atoms with E-state index in [0.29, 0.717) is 17.8 Å². The highest BCUT2D eigenvalue weighted by atomic mass is 19.1. The SMILES string of the molecule is CCn1nc(C(=O)O)cc1-c1ccccc1F. The second kappa shape index (κ2) is 4.37. The van der Waals surface area contributed by atoms with Crippen LogP contribution in [0.5, 0.6) is 0 Å². The van der Waals surface area contributed by atoms with Crippen molar-refractivity contribution >= 4 is 5.97 Å². The Labute approximate surface area is 97.3 Å². The largest absolute Gasteiger partial charge is 0.476 e. The van der Waals surface area contributed by atoms with Gasteiger partial charge in [-0.25, -0.2) is 9.18 Å². The first-order valence-electron chi connectivity index (χ1n) is 5.19. The summed E-state index contributed by atoms with van der Waals surface area (Å²) in [6.45, 7) is 2.31. The van der Waals surface area contributed by atoms with Crippen molar-refractivity contribution in [3.63, 3.8) is 0 Å². The second-order valence-electron chi connectivity index (χ2n) is 3.52. The van der Waals surface area contributed by atoms with Crippen molar-refractivity contribution in [1.82, 2.24) is 9.78 Å². The van der Waals surface area contributed by atoms with E-state index in [1.165, 1.54) is 16.8 Å². The fourth-order valence-electron chi connectivity index (χ4n) is 1.65. The fourth-order valence-corrected chi connectivity index (χ4v) is 1.65. The summed E-state index contributed by atoms with van der Waals surface area (Å²) in [5.74, 6) is -1.51. The van der Waals surface area contributed by atoms with Crippen molar-refractivity contribution < 1.29 is 14.3 Å². The van der Waals surface area contributed by atoms with E-state index in [9.17, 15) is 9.18 Å². The number of carboxylic acids is 1. The van der Waals surface area contributed by atoms with Gasteiger partial charge < -0.3 is 5.11 Å². The normalized spacial score (nSPS) is 10.5. The van der Waals surface area contributed by atoms with Gasteiger partial charge in [0.2, 0.25) is 0 Å². The first-order chi connectivity index (χ1) is 8.13. The summed E-state index contributed by atoms with van der Waals surface area (Å²) in [7, 11) is 0. The number of aromatic nitrogens is 2. The lowest BCUT2D eigenvalue weighted by Gasteiger charge is -2.04. The van der Waals surface area contributed by atoms with E-state index in [4.69, 9.17) is 5.11 Å². The highest BCUT2D eigenvalue weighted by molar-refractivity contribution is 5.87. The molecule has 88 valence electrons. The minimum absolute atomic E-state index is 0.0786. The molecule has 0 saturated carbocycles. The van der Waals surface area contributed by atoms with Crippen LogP contribution in [-0.2, 0) is 6.54 Å². The van der Waals surface area contributed by atoms with Gasteiger partial charge in [0.15, 0.2) is 5.69 Å². The first-order valence-corrected chi connectivity index (χ1v) is 5.19. The van der Waals surface area contributed by atoms with E-state index in [2.05, 4.69) is 5.10 Å². The first kappa shape index (κ1) is 11.3. The van der Waals surface area contributed by atoms with Gasteiger partial charge in [0, 0.05) is 12.1 Å². The predicted molar refractivity (Wildman–Crippen MR) is 60.3 cm³/mol. The summed E-state index contributed by atoms with van der Waals surface area (Å²) in [6, 6.07) is 7.60. The van der Waals surface area contributed by atoms with Crippen molar-refractivity contribution in [1.29, 1.82) is 0 Å². The van der Waals surface area contributed by atoms with Crippen molar-refractivity contribution in [2.24, 2.45) is 0 Å². The van der Waals surface area contributed by atoms with E-state index in [1.807, 2.05) is 6.92 Å². The zero-order chi connectivity index (χ0) is 12.4. The van der Waals surface area contributed by atoms with Gasteiger partial charge in [0.25, 0.3) is 0 Å². The van der Waals surface area contributed by atoms with Crippen LogP contribution >= 0.6 is 0 Å². The maximum atomic E-state index is 13.6. The number of nitrogens with zero attached hydrogens (tertiary/aromatic N) is 2. The second-order valence-corrected chi connectivity index (χ2v) is 3.52. The Morgan fingerprint density at radius 3 is 2.76 bits per heavy atom. The summed E-state index contributed by atoms with van der Waals surface area (Å²) in [4.78, 5) is 10.8. The molecular formula is C12H11FN2O2. The molecule has 0 aliphatic heterocycles. The molecule has 0 fully saturated rings. The number of halogens is 1. The van der Waals surface area contributed by atoms with Gasteiger partial charge in [0.1, 0.15) is 5.82 Å². The summed E-state index contributed by atoms with van der Waals surface area (Å²) < 4.78 is 15.1. The van der Waals surface area contributed by atoms with Gasteiger partial charge in [-0.1, -0.05) is 12.1 Å². The smallest absolute Gasteiger partial charge is 0.356 e. The molecule has 17 heavy (non-hydrogen) atoms. The summed E-state index contributed by atoms with van der Waals surface area (Å²) in [5, 5.41) is 12.8. The Bertz CT molecular complexity index is 563. The third kappa shape index (κ3) is 2.04. The molecular weight excluding hydrogens is 223 g/mol. The quantitative estimate of drug-likeness (QED) is 0.887. The molecule has 5 heteroatoms. The van der Waals surface area contributed by atoms with Crippen molar-refractivity contribution in [3.05, 3.63) is 41.8 Å². The number of carboxylic acid groups (broad SMARTS) is 1. The van der Waals surface area contributed by atoms with E-state index in [-0.39, 0.29) is 11.5 Å². The maximum absolute atomic E-state index is 13.6. The maximum Gasteiger partial charge on any atom is 0.356 e. The predicted octanol–water partition coefficient (Wildman–Crippen LogP) is 2.41. The van der Waals surface area contributed by atoms with Crippen molar-refractivity contribution in [3.8, 4) is 11.3 Å². The molecule has 0 amide bonds. The summed E-state index contributed by atoms with van der Waals surface area (Å²) >= 11 is 0. The molecule has 0 bridgehead atoms. The summed E-state index contributed by atoms with van der Waals surface area (Å²) in [5.41, 5.74) is 0.752. The van der Waals surface area contributed by atoms with Gasteiger partial charge in [-0.3, -0.25) is 4.68 Å². The lowest BCUT2D eigenvalue weighted by molar-refractivity contribution is 0.0689. The van der Waals surface area contributed by atoms with E-state index >= 15 is 0 Å². The van der Waals surface area contributed by atoms with E-state index < -0.39 is 5.97 Å². The number of aromatic carboxylic acids is 1. The molecule has 4 nitrogen and oxygen atoms in total. The van der Waals surface area contributed by atoms with Crippen LogP contribution in [0.4, 0.5) is 4.39 Å². The molecule has 0 atom stereocenters. The third-order valence-corrected chi connectivity index (χ3v) is 2.45. The van der Waals surface area contributed by atoms with Crippen molar-refractivity contribution in [2.45, 2.75) is 13.5 Å². The van der Waals surface area contributed by atoms with Crippen LogP contribution in [0.15, 0.2) is 30.3 Å². The monoisotopic (exact) mass is 234 g/mol. The summed E-state index contributed by atoms with van der Waals surface area (Å²) in [6.07, 6.45) is 0. The highest BCUT2D eigenvalue weighted by Gasteiger charge is 2.15. The Morgan fingerprint density at radius 1 is 1.47 bits per heavy atom. The molecule has 0 aliphatic carbocycles. The molecule has 2 rings (SSSR count). The lowest BCUT2D eigenvalue weighted by Crippen LogP contribution is -2.02. The van der Waals surface area contributed by atoms with E-state index in [0.717, 1.165) is 0 Å². The van der Waals surface area contributed by atoms with E-state index in [1.54, 1.807) is 18.2 Å². The van der Waals surface area contributed by atoms with Gasteiger partial charge in [-0.05, 0) is 25.1 Å². The standard InChI is InChI=1S/C12H11FN2O2/c1-2-15-11(7-10(14-15)12(16)17)8-5-3-4-6-9(8)13/h3-7H,2H2,1H3,(H,16,17). The average molecular weight is 234 g/mol. The Balaban J connectivity index is 2.59. The molecule has 2 aromatic rings. The van der Waals surface area contributed by atoms with Crippen LogP contribution in [0, 0.1) is 5.82 Å². The number of hydrogen-bond acceptors (Lipinski definition) is 2. The average Bonchev–Trinajstić information content (AvgIpc) is 2.73. The third-order valence-electron chi connectivity index (χ3n) is 2.45. The molecule has 0 spiro atoms. The van der Waals surface area contributed by atoms with Crippen LogP contribution in [0.2, 0.25) is 0 Å². The van der Waals surface area contributed by atoms with Crippen molar-refractivity contribution in [2.75, 3.05) is 0 Å². The number of aryl methyl sites for hydroxylation is 1. The molecule has 1 aromatic heterocycles. The van der Waals surface area contributed by atoms with Crippen LogP contribution in [-0.4, -0.2) is 20.9 Å². The zero-order valence-electron chi connectivity index (χ0n) is 9.22. The van der Waals surface area contributed by atoms with Crippen LogP contribution in [0.25, 0.3) is 11.3 Å². The lowest BCUT2D eigenvalue weighted by atomic mass is 10.1. The minimum atomic E-state index is -1.12. The van der Waals surface area contributed by atoms with Gasteiger partial charge in [-0.2, -0.15) is 5.10 Å². The molecule has 0 unspecified atom stereocenters. The van der Waals surface area contributed by atoms with Gasteiger partial charge >= 0.3 is 5.97 Å². The fraction of sp³-hybridized carbons (Fsp3) is 0.167. The Morgan fingerprint density at radius 2 is 2.18 bits per heavy atom. The molecule has 1 aromatic carbocycles. The van der Waals surface area contributed by atoms with Gasteiger partial charge in [-0.15, -0.1) is 0 Å². The Hall–Kier alpha value is -2.17. The molecule has 1 N–H and O–H groups in total. The molecule has 0 saturated heterocycles. The molecule has 0 aliphatic rings. The highest BCUT2D eigenvalue weighted by Crippen LogP contribution is 2.23. The van der Waals surface area contributed by atoms with Crippen LogP contribution in [0.3, 0.4) is 0 Å². The number of carbonyl (C=O) groups is 1. The van der Waals surface area contributed by atoms with Gasteiger partial charge in [0.05, 0.1) is 5.69 Å². The number of hydrogen-bond donors (Lipinski definition) is 1. The zero-order valence-corrected chi connectivity index (χ0v) is 9.22. The molecule has 0 radical (unpaired) electrons. The Kier molecular flexibility index (Phi) is 2.91. The van der Waals surface area contributed by atoms with Crippen LogP contribution in [0.1, 0.15) is 17.4 Å². The number of rotatable bonds is 3. The topological polar surface area (TPSA) is 55.1 Å². The minimum Gasteiger partial charge on any atom is -0.476 e. The molecule has 1 heterocycles. The number of benzene rings is 1. The van der Waals surface area contributed by atoms with Crippen LogP contribution < -0.4 is 0 Å².